The van der Waals surface area contributed by atoms with Crippen molar-refractivity contribution in [3.8, 4) is 0 Å². The van der Waals surface area contributed by atoms with E-state index in [2.05, 4.69) is 27.8 Å². The van der Waals surface area contributed by atoms with Gasteiger partial charge in [-0.05, 0) is 38.2 Å². The lowest BCUT2D eigenvalue weighted by molar-refractivity contribution is 0.0942. The Morgan fingerprint density at radius 2 is 2.23 bits per heavy atom. The molecule has 0 saturated heterocycles. The van der Waals surface area contributed by atoms with Gasteiger partial charge in [-0.2, -0.15) is 5.10 Å². The van der Waals surface area contributed by atoms with Gasteiger partial charge in [0.25, 0.3) is 5.91 Å². The van der Waals surface area contributed by atoms with E-state index in [9.17, 15) is 4.79 Å². The summed E-state index contributed by atoms with van der Waals surface area (Å²) in [5.41, 5.74) is 3.97. The number of allylic oxidation sites excluding steroid dienone is 1. The van der Waals surface area contributed by atoms with E-state index in [1.807, 2.05) is 39.0 Å². The number of aromatic nitrogens is 3. The maximum atomic E-state index is 12.6. The van der Waals surface area contributed by atoms with Crippen molar-refractivity contribution in [2.75, 3.05) is 6.26 Å². The summed E-state index contributed by atoms with van der Waals surface area (Å²) in [6, 6.07) is 2.01. The zero-order valence-corrected chi connectivity index (χ0v) is 16.9. The van der Waals surface area contributed by atoms with E-state index in [4.69, 9.17) is 0 Å². The van der Waals surface area contributed by atoms with Crippen molar-refractivity contribution in [1.29, 1.82) is 0 Å². The molecule has 0 radical (unpaired) electrons. The maximum absolute atomic E-state index is 12.6. The van der Waals surface area contributed by atoms with E-state index in [0.29, 0.717) is 6.54 Å². The Morgan fingerprint density at radius 1 is 1.46 bits per heavy atom. The lowest BCUT2D eigenvalue weighted by Gasteiger charge is -2.08. The fourth-order valence-corrected chi connectivity index (χ4v) is 3.82. The molecule has 0 aromatic carbocycles. The Kier molecular flexibility index (Phi) is 7.33. The number of thioether (sulfide) groups is 1. The molecule has 0 spiro atoms. The van der Waals surface area contributed by atoms with E-state index in [1.165, 1.54) is 10.6 Å². The number of carbonyl (C=O) groups is 1. The van der Waals surface area contributed by atoms with E-state index in [0.717, 1.165) is 36.3 Å². The van der Waals surface area contributed by atoms with Crippen LogP contribution in [0.3, 0.4) is 0 Å². The number of hydrogen-bond acceptors (Lipinski definition) is 3. The van der Waals surface area contributed by atoms with Gasteiger partial charge in [-0.1, -0.05) is 26.5 Å². The third-order valence-corrected chi connectivity index (χ3v) is 5.06. The summed E-state index contributed by atoms with van der Waals surface area (Å²) < 4.78 is 3.86. The summed E-state index contributed by atoms with van der Waals surface area (Å²) in [4.78, 5) is 13.9. The second-order valence-corrected chi connectivity index (χ2v) is 6.51. The van der Waals surface area contributed by atoms with Gasteiger partial charge in [-0.15, -0.1) is 11.8 Å². The molecular weight excluding hydrogens is 344 g/mol. The highest BCUT2D eigenvalue weighted by Gasteiger charge is 2.23. The largest absolute Gasteiger partial charge is 0.347 e. The summed E-state index contributed by atoms with van der Waals surface area (Å²) in [5.74, 6) is -0.0313. The first kappa shape index (κ1) is 20.1. The molecule has 0 aliphatic carbocycles. The van der Waals surface area contributed by atoms with Crippen molar-refractivity contribution >= 4 is 29.9 Å². The van der Waals surface area contributed by atoms with Crippen molar-refractivity contribution in [3.63, 3.8) is 0 Å². The molecule has 1 aliphatic heterocycles. The van der Waals surface area contributed by atoms with Gasteiger partial charge in [-0.3, -0.25) is 4.79 Å². The zero-order chi connectivity index (χ0) is 19.1. The molecule has 26 heavy (non-hydrogen) atoms. The standard InChI is InChI=1S/C18H22N4OS.C2H6/c1-4-7-14-13(12-20-22(14)5-2)11-19-18(23)16-10-17(24-3)15-8-6-9-21(15)16;1-2/h4-5,7,10,12H,2,6,8-9,11H2,1,3H3,(H,19,23);1-2H3/b7-4-;. The van der Waals surface area contributed by atoms with E-state index >= 15 is 0 Å². The molecule has 0 fully saturated rings. The van der Waals surface area contributed by atoms with E-state index in [1.54, 1.807) is 28.8 Å². The van der Waals surface area contributed by atoms with Crippen molar-refractivity contribution in [2.45, 2.75) is 51.6 Å². The average molecular weight is 373 g/mol. The Hall–Kier alpha value is -2.21. The number of nitrogens with one attached hydrogen (secondary N) is 1. The predicted octanol–water partition coefficient (Wildman–Crippen LogP) is 4.44. The minimum atomic E-state index is -0.0313. The van der Waals surface area contributed by atoms with Crippen LogP contribution in [0.2, 0.25) is 0 Å². The highest BCUT2D eigenvalue weighted by atomic mass is 32.2. The lowest BCUT2D eigenvalue weighted by Crippen LogP contribution is -2.25. The molecular formula is C20H28N4OS. The number of fused-ring (bicyclic) bond motifs is 1. The van der Waals surface area contributed by atoms with Gasteiger partial charge < -0.3 is 9.88 Å². The maximum Gasteiger partial charge on any atom is 0.268 e. The summed E-state index contributed by atoms with van der Waals surface area (Å²) in [5, 5.41) is 7.29. The van der Waals surface area contributed by atoms with Crippen LogP contribution < -0.4 is 5.32 Å². The third kappa shape index (κ3) is 3.96. The molecule has 0 atom stereocenters. The minimum Gasteiger partial charge on any atom is -0.347 e. The number of nitrogens with zero attached hydrogens (tertiary/aromatic N) is 3. The number of carbonyl (C=O) groups excluding carboxylic acids is 1. The molecule has 1 N–H and O–H groups in total. The van der Waals surface area contributed by atoms with Gasteiger partial charge in [-0.25, -0.2) is 4.68 Å². The normalized spacial score (nSPS) is 12.6. The topological polar surface area (TPSA) is 51.9 Å². The molecule has 6 heteroatoms. The van der Waals surface area contributed by atoms with Gasteiger partial charge in [0.2, 0.25) is 0 Å². The molecule has 0 saturated carbocycles. The van der Waals surface area contributed by atoms with Gasteiger partial charge in [0.1, 0.15) is 5.69 Å². The number of hydrogen-bond donors (Lipinski definition) is 1. The monoisotopic (exact) mass is 372 g/mol. The highest BCUT2D eigenvalue weighted by molar-refractivity contribution is 7.98. The van der Waals surface area contributed by atoms with Crippen LogP contribution in [0.5, 0.6) is 0 Å². The van der Waals surface area contributed by atoms with Crippen LogP contribution in [0.1, 0.15) is 54.6 Å². The van der Waals surface area contributed by atoms with Crippen molar-refractivity contribution in [1.82, 2.24) is 19.7 Å². The summed E-state index contributed by atoms with van der Waals surface area (Å²) in [7, 11) is 0. The number of amides is 1. The predicted molar refractivity (Wildman–Crippen MR) is 110 cm³/mol. The fraction of sp³-hybridized carbons (Fsp3) is 0.400. The molecule has 0 bridgehead atoms. The van der Waals surface area contributed by atoms with Crippen LogP contribution >= 0.6 is 11.8 Å². The molecule has 1 aliphatic rings. The van der Waals surface area contributed by atoms with Gasteiger partial charge >= 0.3 is 0 Å². The van der Waals surface area contributed by atoms with Gasteiger partial charge in [0.15, 0.2) is 0 Å². The SMILES string of the molecule is C=Cn1ncc(CNC(=O)c2cc(SC)c3n2CCC3)c1/C=C\C.CC. The van der Waals surface area contributed by atoms with Gasteiger partial charge in [0.05, 0.1) is 11.9 Å². The minimum absolute atomic E-state index is 0.0313. The second-order valence-electron chi connectivity index (χ2n) is 5.66. The summed E-state index contributed by atoms with van der Waals surface area (Å²) >= 11 is 1.71. The smallest absolute Gasteiger partial charge is 0.268 e. The third-order valence-electron chi connectivity index (χ3n) is 4.27. The molecule has 3 heterocycles. The Bertz CT molecular complexity index is 801. The average Bonchev–Trinajstić information content (AvgIpc) is 3.37. The summed E-state index contributed by atoms with van der Waals surface area (Å²) in [6.07, 6.45) is 11.6. The first-order valence-corrected chi connectivity index (χ1v) is 10.3. The fourth-order valence-electron chi connectivity index (χ4n) is 3.14. The quantitative estimate of drug-likeness (QED) is 0.763. The van der Waals surface area contributed by atoms with Crippen LogP contribution in [0.15, 0.2) is 29.8 Å². The lowest BCUT2D eigenvalue weighted by atomic mass is 10.2. The second kappa shape index (κ2) is 9.48. The first-order chi connectivity index (χ1) is 12.7. The van der Waals surface area contributed by atoms with Crippen molar-refractivity contribution < 1.29 is 4.79 Å². The van der Waals surface area contributed by atoms with Crippen molar-refractivity contribution in [2.24, 2.45) is 0 Å². The van der Waals surface area contributed by atoms with E-state index in [-0.39, 0.29) is 5.91 Å². The number of rotatable bonds is 6. The zero-order valence-electron chi connectivity index (χ0n) is 16.1. The molecule has 5 nitrogen and oxygen atoms in total. The first-order valence-electron chi connectivity index (χ1n) is 9.05. The summed E-state index contributed by atoms with van der Waals surface area (Å²) in [6.45, 7) is 11.1. The van der Waals surface area contributed by atoms with E-state index < -0.39 is 0 Å². The van der Waals surface area contributed by atoms with Crippen LogP contribution in [0, 0.1) is 0 Å². The van der Waals surface area contributed by atoms with Crippen LogP contribution in [-0.2, 0) is 19.5 Å². The highest BCUT2D eigenvalue weighted by Crippen LogP contribution is 2.30. The van der Waals surface area contributed by atoms with Crippen LogP contribution in [-0.4, -0.2) is 26.5 Å². The molecule has 3 rings (SSSR count). The molecule has 2 aromatic heterocycles. The Balaban J connectivity index is 0.00000117. The molecule has 2 aromatic rings. The molecule has 140 valence electrons. The van der Waals surface area contributed by atoms with Crippen molar-refractivity contribution in [3.05, 3.63) is 47.6 Å². The van der Waals surface area contributed by atoms with Crippen LogP contribution in [0.4, 0.5) is 0 Å². The van der Waals surface area contributed by atoms with Crippen LogP contribution in [0.25, 0.3) is 12.3 Å². The molecule has 0 unspecified atom stereocenters. The van der Waals surface area contributed by atoms with Gasteiger partial charge in [0, 0.05) is 35.4 Å². The molecule has 1 amide bonds. The Labute approximate surface area is 160 Å². The Morgan fingerprint density at radius 3 is 2.88 bits per heavy atom.